The first-order valence-electron chi connectivity index (χ1n) is 10.9. The third-order valence-corrected chi connectivity index (χ3v) is 6.10. The molecule has 0 bridgehead atoms. The molecule has 0 amide bonds. The molecule has 2 N–H and O–H groups in total. The monoisotopic (exact) mass is 420 g/mol. The Hall–Kier alpha value is -2.81. The predicted molar refractivity (Wildman–Crippen MR) is 121 cm³/mol. The molecule has 0 aliphatic carbocycles. The number of fused-ring (bicyclic) bond motifs is 1. The minimum Gasteiger partial charge on any atom is -0.393 e. The van der Waals surface area contributed by atoms with Crippen molar-refractivity contribution in [2.75, 3.05) is 49.6 Å². The maximum atomic E-state index is 9.76. The molecule has 2 aromatic heterocycles. The minimum atomic E-state index is -0.169. The Morgan fingerprint density at radius 2 is 1.90 bits per heavy atom. The normalized spacial score (nSPS) is 20.2. The number of aromatic nitrogens is 3. The van der Waals surface area contributed by atoms with Crippen LogP contribution in [0.5, 0.6) is 0 Å². The first-order valence-corrected chi connectivity index (χ1v) is 10.9. The summed E-state index contributed by atoms with van der Waals surface area (Å²) in [5.41, 5.74) is 4.65. The van der Waals surface area contributed by atoms with Gasteiger partial charge in [-0.2, -0.15) is 0 Å². The quantitative estimate of drug-likeness (QED) is 0.663. The summed E-state index contributed by atoms with van der Waals surface area (Å²) < 4.78 is 5.93. The fraction of sp³-hybridized carbons (Fsp3) is 0.435. The lowest BCUT2D eigenvalue weighted by Gasteiger charge is -2.33. The van der Waals surface area contributed by atoms with E-state index in [0.717, 1.165) is 67.1 Å². The van der Waals surface area contributed by atoms with Crippen molar-refractivity contribution in [3.63, 3.8) is 0 Å². The van der Waals surface area contributed by atoms with E-state index in [0.29, 0.717) is 6.61 Å². The average molecular weight is 421 g/mol. The van der Waals surface area contributed by atoms with Gasteiger partial charge in [-0.05, 0) is 31.0 Å². The zero-order valence-corrected chi connectivity index (χ0v) is 17.7. The van der Waals surface area contributed by atoms with Gasteiger partial charge in [0.05, 0.1) is 23.9 Å². The van der Waals surface area contributed by atoms with Crippen LogP contribution < -0.4 is 15.1 Å². The van der Waals surface area contributed by atoms with Crippen LogP contribution in [0.3, 0.4) is 0 Å². The van der Waals surface area contributed by atoms with Crippen LogP contribution in [0.4, 0.5) is 11.5 Å². The molecule has 1 unspecified atom stereocenters. The molecule has 162 valence electrons. The SMILES string of the molecule is CN(c1nc(-c2ccc(N3CCC(O)CC3)cc2)cc2nccnc12)C1CNCCO1. The van der Waals surface area contributed by atoms with E-state index in [1.807, 2.05) is 18.0 Å². The highest BCUT2D eigenvalue weighted by atomic mass is 16.5. The van der Waals surface area contributed by atoms with Crippen LogP contribution in [-0.2, 0) is 4.74 Å². The molecular formula is C23H28N6O2. The van der Waals surface area contributed by atoms with E-state index >= 15 is 0 Å². The molecule has 2 aliphatic heterocycles. The van der Waals surface area contributed by atoms with Gasteiger partial charge in [0.2, 0.25) is 0 Å². The molecular weight excluding hydrogens is 392 g/mol. The first kappa shape index (κ1) is 20.1. The molecule has 0 spiro atoms. The number of aliphatic hydroxyl groups is 1. The second-order valence-electron chi connectivity index (χ2n) is 8.16. The fourth-order valence-electron chi connectivity index (χ4n) is 4.25. The summed E-state index contributed by atoms with van der Waals surface area (Å²) in [6.07, 6.45) is 4.78. The smallest absolute Gasteiger partial charge is 0.159 e. The zero-order valence-electron chi connectivity index (χ0n) is 17.7. The largest absolute Gasteiger partial charge is 0.393 e. The molecule has 2 aliphatic rings. The molecule has 0 saturated carbocycles. The Labute approximate surface area is 181 Å². The highest BCUT2D eigenvalue weighted by Gasteiger charge is 2.23. The molecule has 2 fully saturated rings. The predicted octanol–water partition coefficient (Wildman–Crippen LogP) is 2.03. The summed E-state index contributed by atoms with van der Waals surface area (Å²) in [4.78, 5) is 18.4. The molecule has 2 saturated heterocycles. The second kappa shape index (κ2) is 8.74. The van der Waals surface area contributed by atoms with Gasteiger partial charge in [0, 0.05) is 56.9 Å². The van der Waals surface area contributed by atoms with E-state index in [2.05, 4.69) is 44.5 Å². The molecule has 4 heterocycles. The lowest BCUT2D eigenvalue weighted by molar-refractivity contribution is 0.0295. The summed E-state index contributed by atoms with van der Waals surface area (Å²) in [6.45, 7) is 4.04. The Bertz CT molecular complexity index is 1030. The van der Waals surface area contributed by atoms with Crippen molar-refractivity contribution in [1.29, 1.82) is 0 Å². The Balaban J connectivity index is 1.47. The number of hydrogen-bond donors (Lipinski definition) is 2. The Morgan fingerprint density at radius 3 is 2.65 bits per heavy atom. The van der Waals surface area contributed by atoms with Crippen molar-refractivity contribution < 1.29 is 9.84 Å². The number of rotatable bonds is 4. The molecule has 1 atom stereocenters. The summed E-state index contributed by atoms with van der Waals surface area (Å²) >= 11 is 0. The number of morpholine rings is 1. The zero-order chi connectivity index (χ0) is 21.2. The highest BCUT2D eigenvalue weighted by Crippen LogP contribution is 2.30. The number of anilines is 2. The summed E-state index contributed by atoms with van der Waals surface area (Å²) in [5, 5.41) is 13.1. The molecule has 3 aromatic rings. The third kappa shape index (κ3) is 4.19. The molecule has 31 heavy (non-hydrogen) atoms. The number of pyridine rings is 1. The summed E-state index contributed by atoms with van der Waals surface area (Å²) in [7, 11) is 1.99. The van der Waals surface area contributed by atoms with Crippen molar-refractivity contribution in [3.05, 3.63) is 42.7 Å². The second-order valence-corrected chi connectivity index (χ2v) is 8.16. The van der Waals surface area contributed by atoms with Crippen molar-refractivity contribution in [2.45, 2.75) is 25.2 Å². The van der Waals surface area contributed by atoms with Gasteiger partial charge in [-0.15, -0.1) is 0 Å². The maximum Gasteiger partial charge on any atom is 0.159 e. The number of aliphatic hydroxyl groups excluding tert-OH is 1. The number of hydrogen-bond acceptors (Lipinski definition) is 8. The van der Waals surface area contributed by atoms with E-state index < -0.39 is 0 Å². The van der Waals surface area contributed by atoms with Gasteiger partial charge in [0.1, 0.15) is 11.7 Å². The van der Waals surface area contributed by atoms with Crippen LogP contribution >= 0.6 is 0 Å². The number of likely N-dealkylation sites (N-methyl/N-ethyl adjacent to an activating group) is 1. The van der Waals surface area contributed by atoms with Crippen LogP contribution in [0.1, 0.15) is 12.8 Å². The number of nitrogens with zero attached hydrogens (tertiary/aromatic N) is 5. The fourth-order valence-corrected chi connectivity index (χ4v) is 4.25. The lowest BCUT2D eigenvalue weighted by atomic mass is 10.1. The molecule has 0 radical (unpaired) electrons. The topological polar surface area (TPSA) is 86.6 Å². The van der Waals surface area contributed by atoms with E-state index in [9.17, 15) is 5.11 Å². The first-order chi connectivity index (χ1) is 15.2. The molecule has 8 heteroatoms. The van der Waals surface area contributed by atoms with Gasteiger partial charge in [-0.1, -0.05) is 12.1 Å². The lowest BCUT2D eigenvalue weighted by Crippen LogP contribution is -2.48. The standard InChI is InChI=1S/C23H28N6O2/c1-28(21-15-24-10-13-31-21)23-22-20(25-8-9-26-22)14-19(27-23)16-2-4-17(5-3-16)29-11-6-18(30)7-12-29/h2-5,8-9,14,18,21,24,30H,6-7,10-13,15H2,1H3. The van der Waals surface area contributed by atoms with E-state index in [1.54, 1.807) is 12.4 Å². The van der Waals surface area contributed by atoms with Gasteiger partial charge in [-0.3, -0.25) is 4.98 Å². The number of nitrogens with one attached hydrogen (secondary N) is 1. The highest BCUT2D eigenvalue weighted by molar-refractivity contribution is 5.89. The number of benzene rings is 1. The van der Waals surface area contributed by atoms with E-state index in [1.165, 1.54) is 5.69 Å². The molecule has 8 nitrogen and oxygen atoms in total. The van der Waals surface area contributed by atoms with Gasteiger partial charge in [0.25, 0.3) is 0 Å². The van der Waals surface area contributed by atoms with Crippen LogP contribution in [0, 0.1) is 0 Å². The van der Waals surface area contributed by atoms with Gasteiger partial charge < -0.3 is 25.0 Å². The van der Waals surface area contributed by atoms with Crippen LogP contribution in [0.25, 0.3) is 22.3 Å². The Morgan fingerprint density at radius 1 is 1.13 bits per heavy atom. The van der Waals surface area contributed by atoms with Crippen molar-refractivity contribution >= 4 is 22.5 Å². The van der Waals surface area contributed by atoms with Crippen LogP contribution in [-0.4, -0.2) is 72.2 Å². The van der Waals surface area contributed by atoms with Gasteiger partial charge in [0.15, 0.2) is 5.82 Å². The van der Waals surface area contributed by atoms with Gasteiger partial charge in [-0.25, -0.2) is 9.97 Å². The molecule has 5 rings (SSSR count). The summed E-state index contributed by atoms with van der Waals surface area (Å²) in [5.74, 6) is 0.767. The third-order valence-electron chi connectivity index (χ3n) is 6.10. The van der Waals surface area contributed by atoms with Gasteiger partial charge >= 0.3 is 0 Å². The minimum absolute atomic E-state index is 0.0986. The Kier molecular flexibility index (Phi) is 5.67. The van der Waals surface area contributed by atoms with Crippen LogP contribution in [0.15, 0.2) is 42.7 Å². The summed E-state index contributed by atoms with van der Waals surface area (Å²) in [6, 6.07) is 10.5. The van der Waals surface area contributed by atoms with Crippen molar-refractivity contribution in [1.82, 2.24) is 20.3 Å². The van der Waals surface area contributed by atoms with E-state index in [4.69, 9.17) is 9.72 Å². The van der Waals surface area contributed by atoms with Crippen molar-refractivity contribution in [2.24, 2.45) is 0 Å². The van der Waals surface area contributed by atoms with Crippen molar-refractivity contribution in [3.8, 4) is 11.3 Å². The number of piperidine rings is 1. The van der Waals surface area contributed by atoms with E-state index in [-0.39, 0.29) is 12.3 Å². The maximum absolute atomic E-state index is 9.76. The molecule has 1 aromatic carbocycles. The van der Waals surface area contributed by atoms with Crippen LogP contribution in [0.2, 0.25) is 0 Å². The average Bonchev–Trinajstić information content (AvgIpc) is 2.84. The number of ether oxygens (including phenoxy) is 1.